The molecule has 0 unspecified atom stereocenters. The van der Waals surface area contributed by atoms with Crippen LogP contribution < -0.4 is 15.8 Å². The Kier molecular flexibility index (Phi) is 5.47. The zero-order valence-electron chi connectivity index (χ0n) is 12.6. The van der Waals surface area contributed by atoms with E-state index in [1.807, 2.05) is 0 Å². The number of sulfonamides is 1. The third-order valence-electron chi connectivity index (χ3n) is 4.01. The average molecular weight is 311 g/mol. The van der Waals surface area contributed by atoms with Crippen LogP contribution in [0.1, 0.15) is 39.0 Å². The molecule has 1 aromatic carbocycles. The summed E-state index contributed by atoms with van der Waals surface area (Å²) < 4.78 is 26.5. The number of anilines is 2. The predicted octanol–water partition coefficient (Wildman–Crippen LogP) is 2.56. The highest BCUT2D eigenvalue weighted by molar-refractivity contribution is 7.89. The molecule has 21 heavy (non-hydrogen) atoms. The quantitative estimate of drug-likeness (QED) is 0.676. The first kappa shape index (κ1) is 16.1. The molecule has 1 aliphatic rings. The van der Waals surface area contributed by atoms with Crippen molar-refractivity contribution in [3.05, 3.63) is 18.2 Å². The minimum atomic E-state index is -3.44. The van der Waals surface area contributed by atoms with E-state index in [0.29, 0.717) is 17.9 Å². The molecule has 0 bridgehead atoms. The van der Waals surface area contributed by atoms with Gasteiger partial charge in [0.05, 0.1) is 16.3 Å². The lowest BCUT2D eigenvalue weighted by molar-refractivity contribution is 0.518. The van der Waals surface area contributed by atoms with Gasteiger partial charge in [-0.25, -0.2) is 13.1 Å². The molecule has 0 atom stereocenters. The Labute approximate surface area is 127 Å². The van der Waals surface area contributed by atoms with Crippen molar-refractivity contribution in [1.82, 2.24) is 4.72 Å². The monoisotopic (exact) mass is 311 g/mol. The van der Waals surface area contributed by atoms with Gasteiger partial charge in [0.2, 0.25) is 10.0 Å². The number of nitrogens with one attached hydrogen (secondary N) is 2. The van der Waals surface area contributed by atoms with E-state index in [1.54, 1.807) is 19.1 Å². The maximum atomic E-state index is 12.0. The molecule has 1 aliphatic carbocycles. The van der Waals surface area contributed by atoms with E-state index in [4.69, 9.17) is 5.73 Å². The summed E-state index contributed by atoms with van der Waals surface area (Å²) >= 11 is 0. The fourth-order valence-electron chi connectivity index (χ4n) is 2.84. The molecule has 0 spiro atoms. The first-order chi connectivity index (χ1) is 10.0. The molecule has 0 aliphatic heterocycles. The molecule has 0 aromatic heterocycles. The molecule has 2 rings (SSSR count). The molecule has 118 valence electrons. The van der Waals surface area contributed by atoms with E-state index in [-0.39, 0.29) is 4.90 Å². The number of nitrogen functional groups attached to an aromatic ring is 1. The van der Waals surface area contributed by atoms with E-state index in [1.165, 1.54) is 31.7 Å². The van der Waals surface area contributed by atoms with Crippen molar-refractivity contribution in [2.24, 2.45) is 5.92 Å². The summed E-state index contributed by atoms with van der Waals surface area (Å²) in [6.45, 7) is 2.96. The lowest BCUT2D eigenvalue weighted by Crippen LogP contribution is -2.23. The number of hydrogen-bond acceptors (Lipinski definition) is 4. The van der Waals surface area contributed by atoms with Crippen LogP contribution in [-0.4, -0.2) is 21.5 Å². The Morgan fingerprint density at radius 1 is 1.29 bits per heavy atom. The number of hydrogen-bond donors (Lipinski definition) is 3. The van der Waals surface area contributed by atoms with Gasteiger partial charge >= 0.3 is 0 Å². The Morgan fingerprint density at radius 2 is 2.00 bits per heavy atom. The molecule has 0 amide bonds. The van der Waals surface area contributed by atoms with Crippen molar-refractivity contribution in [3.63, 3.8) is 0 Å². The molecule has 1 saturated carbocycles. The number of rotatable bonds is 7. The second-order valence-electron chi connectivity index (χ2n) is 5.62. The summed E-state index contributed by atoms with van der Waals surface area (Å²) in [6.07, 6.45) is 6.41. The third kappa shape index (κ3) is 4.35. The first-order valence-corrected chi connectivity index (χ1v) is 9.14. The molecule has 1 fully saturated rings. The summed E-state index contributed by atoms with van der Waals surface area (Å²) in [5.41, 5.74) is 7.20. The average Bonchev–Trinajstić information content (AvgIpc) is 2.94. The third-order valence-corrected chi connectivity index (χ3v) is 5.56. The van der Waals surface area contributed by atoms with Gasteiger partial charge < -0.3 is 11.1 Å². The van der Waals surface area contributed by atoms with Crippen LogP contribution in [0.4, 0.5) is 11.4 Å². The SMILES string of the molecule is CCNS(=O)(=O)c1ccc(N)c(NCCC2CCCC2)c1. The molecule has 4 N–H and O–H groups in total. The van der Waals surface area contributed by atoms with Gasteiger partial charge in [-0.1, -0.05) is 32.6 Å². The van der Waals surface area contributed by atoms with E-state index < -0.39 is 10.0 Å². The second kappa shape index (κ2) is 7.13. The zero-order chi connectivity index (χ0) is 15.3. The minimum absolute atomic E-state index is 0.252. The molecule has 1 aromatic rings. The lowest BCUT2D eigenvalue weighted by Gasteiger charge is -2.14. The molecule has 6 heteroatoms. The van der Waals surface area contributed by atoms with E-state index in [2.05, 4.69) is 10.0 Å². The van der Waals surface area contributed by atoms with E-state index in [9.17, 15) is 8.42 Å². The number of benzene rings is 1. The summed E-state index contributed by atoms with van der Waals surface area (Å²) in [5, 5.41) is 3.28. The van der Waals surface area contributed by atoms with Crippen LogP contribution in [0.5, 0.6) is 0 Å². The Morgan fingerprint density at radius 3 is 2.67 bits per heavy atom. The fourth-order valence-corrected chi connectivity index (χ4v) is 3.91. The highest BCUT2D eigenvalue weighted by Crippen LogP contribution is 2.28. The van der Waals surface area contributed by atoms with Gasteiger partial charge in [-0.15, -0.1) is 0 Å². The van der Waals surface area contributed by atoms with Crippen LogP contribution in [0.15, 0.2) is 23.1 Å². The molecular formula is C15H25N3O2S. The molecular weight excluding hydrogens is 286 g/mol. The van der Waals surface area contributed by atoms with E-state index >= 15 is 0 Å². The summed E-state index contributed by atoms with van der Waals surface area (Å²) in [4.78, 5) is 0.252. The van der Waals surface area contributed by atoms with Gasteiger partial charge in [0.15, 0.2) is 0 Å². The highest BCUT2D eigenvalue weighted by Gasteiger charge is 2.16. The maximum absolute atomic E-state index is 12.0. The van der Waals surface area contributed by atoms with Crippen LogP contribution in [0.25, 0.3) is 0 Å². The first-order valence-electron chi connectivity index (χ1n) is 7.66. The maximum Gasteiger partial charge on any atom is 0.240 e. The van der Waals surface area contributed by atoms with Gasteiger partial charge in [-0.3, -0.25) is 0 Å². The zero-order valence-corrected chi connectivity index (χ0v) is 13.4. The number of nitrogens with two attached hydrogens (primary N) is 1. The summed E-state index contributed by atoms with van der Waals surface area (Å²) in [6, 6.07) is 4.79. The fraction of sp³-hybridized carbons (Fsp3) is 0.600. The Balaban J connectivity index is 2.01. The van der Waals surface area contributed by atoms with Gasteiger partial charge in [-0.05, 0) is 30.5 Å². The van der Waals surface area contributed by atoms with Crippen molar-refractivity contribution in [2.45, 2.75) is 43.9 Å². The Bertz CT molecular complexity index is 566. The van der Waals surface area contributed by atoms with Gasteiger partial charge in [0.25, 0.3) is 0 Å². The topological polar surface area (TPSA) is 84.2 Å². The molecule has 0 heterocycles. The lowest BCUT2D eigenvalue weighted by atomic mass is 10.0. The van der Waals surface area contributed by atoms with Crippen LogP contribution in [0, 0.1) is 5.92 Å². The van der Waals surface area contributed by atoms with Gasteiger partial charge in [-0.2, -0.15) is 0 Å². The molecule has 0 radical (unpaired) electrons. The predicted molar refractivity (Wildman–Crippen MR) is 86.8 cm³/mol. The van der Waals surface area contributed by atoms with E-state index in [0.717, 1.165) is 18.9 Å². The minimum Gasteiger partial charge on any atom is -0.397 e. The smallest absolute Gasteiger partial charge is 0.240 e. The second-order valence-corrected chi connectivity index (χ2v) is 7.38. The Hall–Kier alpha value is -1.27. The molecule has 0 saturated heterocycles. The summed E-state index contributed by atoms with van der Waals surface area (Å²) in [7, 11) is -3.44. The van der Waals surface area contributed by atoms with Crippen LogP contribution in [0.3, 0.4) is 0 Å². The van der Waals surface area contributed by atoms with Crippen molar-refractivity contribution in [1.29, 1.82) is 0 Å². The standard InChI is InChI=1S/C15H25N3O2S/c1-2-18-21(19,20)13-7-8-14(16)15(11-13)17-10-9-12-5-3-4-6-12/h7-8,11-12,17-18H,2-6,9-10,16H2,1H3. The van der Waals surface area contributed by atoms with Crippen LogP contribution in [-0.2, 0) is 10.0 Å². The van der Waals surface area contributed by atoms with Gasteiger partial charge in [0, 0.05) is 13.1 Å². The normalized spacial score (nSPS) is 16.2. The van der Waals surface area contributed by atoms with Crippen molar-refractivity contribution < 1.29 is 8.42 Å². The largest absolute Gasteiger partial charge is 0.397 e. The van der Waals surface area contributed by atoms with Crippen LogP contribution >= 0.6 is 0 Å². The van der Waals surface area contributed by atoms with Crippen molar-refractivity contribution in [3.8, 4) is 0 Å². The van der Waals surface area contributed by atoms with Crippen molar-refractivity contribution >= 4 is 21.4 Å². The highest BCUT2D eigenvalue weighted by atomic mass is 32.2. The molecule has 5 nitrogen and oxygen atoms in total. The van der Waals surface area contributed by atoms with Gasteiger partial charge in [0.1, 0.15) is 0 Å². The summed E-state index contributed by atoms with van der Waals surface area (Å²) in [5.74, 6) is 0.799. The van der Waals surface area contributed by atoms with Crippen LogP contribution in [0.2, 0.25) is 0 Å². The van der Waals surface area contributed by atoms with Crippen molar-refractivity contribution in [2.75, 3.05) is 24.1 Å².